The van der Waals surface area contributed by atoms with E-state index < -0.39 is 0 Å². The lowest BCUT2D eigenvalue weighted by atomic mass is 9.90. The van der Waals surface area contributed by atoms with Crippen molar-refractivity contribution in [2.75, 3.05) is 46.9 Å². The molecule has 200 valence electrons. The summed E-state index contributed by atoms with van der Waals surface area (Å²) in [5.74, 6) is 1.19. The molecule has 0 spiro atoms. The standard InChI is InChI=1S/C30H35N3O4S/c1-20-7-5-6-8-25(20)29-26-10-14-38-27(26)9-11-32(29)19-28(34)31-12-13-33(21(2)18-31)30(35)22-15-23(36-3)17-24(16-22)37-4/h5-8,10,14-17,21,29H,9,11-13,18-19H2,1-4H3/t21-,29+/m0/s1. The van der Waals surface area contributed by atoms with Gasteiger partial charge in [-0.05, 0) is 60.5 Å². The Balaban J connectivity index is 1.28. The molecule has 1 saturated heterocycles. The van der Waals surface area contributed by atoms with Gasteiger partial charge in [0.25, 0.3) is 5.91 Å². The third-order valence-corrected chi connectivity index (χ3v) is 8.72. The predicted octanol–water partition coefficient (Wildman–Crippen LogP) is 4.39. The summed E-state index contributed by atoms with van der Waals surface area (Å²) in [4.78, 5) is 34.4. The molecule has 0 bridgehead atoms. The van der Waals surface area contributed by atoms with Crippen molar-refractivity contribution in [2.45, 2.75) is 32.4 Å². The lowest BCUT2D eigenvalue weighted by Gasteiger charge is -2.42. The molecule has 3 heterocycles. The Morgan fingerprint density at radius 1 is 0.974 bits per heavy atom. The minimum absolute atomic E-state index is 0.0811. The van der Waals surface area contributed by atoms with E-state index in [0.29, 0.717) is 43.2 Å². The van der Waals surface area contributed by atoms with Crippen LogP contribution < -0.4 is 9.47 Å². The molecule has 0 aliphatic carbocycles. The topological polar surface area (TPSA) is 62.3 Å². The lowest BCUT2D eigenvalue weighted by molar-refractivity contribution is -0.135. The highest BCUT2D eigenvalue weighted by Gasteiger charge is 2.35. The summed E-state index contributed by atoms with van der Waals surface area (Å²) in [6.07, 6.45) is 0.964. The summed E-state index contributed by atoms with van der Waals surface area (Å²) in [5, 5.41) is 2.16. The Hall–Kier alpha value is -3.36. The van der Waals surface area contributed by atoms with Crippen LogP contribution in [0.15, 0.2) is 53.9 Å². The largest absolute Gasteiger partial charge is 0.497 e. The number of hydrogen-bond donors (Lipinski definition) is 0. The average Bonchev–Trinajstić information content (AvgIpc) is 3.41. The van der Waals surface area contributed by atoms with Crippen molar-refractivity contribution in [1.29, 1.82) is 0 Å². The van der Waals surface area contributed by atoms with Crippen LogP contribution in [0.1, 0.15) is 44.9 Å². The number of nitrogens with zero attached hydrogens (tertiary/aromatic N) is 3. The molecule has 8 heteroatoms. The van der Waals surface area contributed by atoms with Crippen molar-refractivity contribution in [3.63, 3.8) is 0 Å². The van der Waals surface area contributed by atoms with Gasteiger partial charge in [0, 0.05) is 48.7 Å². The van der Waals surface area contributed by atoms with Gasteiger partial charge in [0.2, 0.25) is 5.91 Å². The van der Waals surface area contributed by atoms with Crippen molar-refractivity contribution >= 4 is 23.2 Å². The fraction of sp³-hybridized carbons (Fsp3) is 0.400. The molecular weight excluding hydrogens is 498 g/mol. The number of carbonyl (C=O) groups is 2. The van der Waals surface area contributed by atoms with Crippen LogP contribution in [0.3, 0.4) is 0 Å². The molecule has 0 radical (unpaired) electrons. The third kappa shape index (κ3) is 5.15. The number of carbonyl (C=O) groups excluding carboxylic acids is 2. The fourth-order valence-corrected chi connectivity index (χ4v) is 6.56. The number of piperazine rings is 1. The van der Waals surface area contributed by atoms with Crippen molar-refractivity contribution < 1.29 is 19.1 Å². The second kappa shape index (κ2) is 11.2. The van der Waals surface area contributed by atoms with Crippen LogP contribution in [-0.4, -0.2) is 79.5 Å². The van der Waals surface area contributed by atoms with Crippen molar-refractivity contribution in [3.05, 3.63) is 81.0 Å². The van der Waals surface area contributed by atoms with E-state index in [4.69, 9.17) is 9.47 Å². The van der Waals surface area contributed by atoms with E-state index in [1.165, 1.54) is 21.6 Å². The normalized spacial score (nSPS) is 19.7. The summed E-state index contributed by atoms with van der Waals surface area (Å²) < 4.78 is 10.7. The van der Waals surface area contributed by atoms with Crippen LogP contribution in [0.2, 0.25) is 0 Å². The van der Waals surface area contributed by atoms with E-state index in [2.05, 4.69) is 47.5 Å². The second-order valence-corrected chi connectivity index (χ2v) is 11.1. The molecule has 2 amide bonds. The molecule has 38 heavy (non-hydrogen) atoms. The van der Waals surface area contributed by atoms with Crippen molar-refractivity contribution in [3.8, 4) is 11.5 Å². The first-order chi connectivity index (χ1) is 18.4. The van der Waals surface area contributed by atoms with Crippen LogP contribution in [0.4, 0.5) is 0 Å². The SMILES string of the molecule is COc1cc(OC)cc(C(=O)N2CCN(C(=O)CN3CCc4sccc4[C@H]3c3ccccc3C)C[C@@H]2C)c1. The zero-order valence-corrected chi connectivity index (χ0v) is 23.3. The first-order valence-electron chi connectivity index (χ1n) is 13.1. The number of rotatable bonds is 6. The fourth-order valence-electron chi connectivity index (χ4n) is 5.65. The highest BCUT2D eigenvalue weighted by Crippen LogP contribution is 2.38. The maximum Gasteiger partial charge on any atom is 0.254 e. The zero-order valence-electron chi connectivity index (χ0n) is 22.5. The van der Waals surface area contributed by atoms with Gasteiger partial charge in [0.15, 0.2) is 0 Å². The minimum atomic E-state index is -0.102. The smallest absolute Gasteiger partial charge is 0.254 e. The van der Waals surface area contributed by atoms with Gasteiger partial charge in [0.1, 0.15) is 11.5 Å². The minimum Gasteiger partial charge on any atom is -0.497 e. The zero-order chi connectivity index (χ0) is 26.8. The van der Waals surface area contributed by atoms with E-state index in [1.54, 1.807) is 32.4 Å². The number of fused-ring (bicyclic) bond motifs is 1. The van der Waals surface area contributed by atoms with E-state index in [1.807, 2.05) is 28.1 Å². The molecule has 2 aliphatic heterocycles. The number of ether oxygens (including phenoxy) is 2. The molecular formula is C30H35N3O4S. The number of amides is 2. The Kier molecular flexibility index (Phi) is 7.72. The Bertz CT molecular complexity index is 1300. The highest BCUT2D eigenvalue weighted by atomic mass is 32.1. The maximum absolute atomic E-state index is 13.6. The highest BCUT2D eigenvalue weighted by molar-refractivity contribution is 7.10. The van der Waals surface area contributed by atoms with Crippen molar-refractivity contribution in [1.82, 2.24) is 14.7 Å². The quantitative estimate of drug-likeness (QED) is 0.470. The van der Waals surface area contributed by atoms with Gasteiger partial charge in [0.05, 0.1) is 26.8 Å². The lowest BCUT2D eigenvalue weighted by Crippen LogP contribution is -2.57. The average molecular weight is 534 g/mol. The monoisotopic (exact) mass is 533 g/mol. The van der Waals surface area contributed by atoms with Crippen LogP contribution in [0.5, 0.6) is 11.5 Å². The molecule has 2 aromatic carbocycles. The van der Waals surface area contributed by atoms with Crippen LogP contribution >= 0.6 is 11.3 Å². The van der Waals surface area contributed by atoms with Crippen molar-refractivity contribution in [2.24, 2.45) is 0 Å². The summed E-state index contributed by atoms with van der Waals surface area (Å²) in [5.41, 5.74) is 4.34. The van der Waals surface area contributed by atoms with Gasteiger partial charge in [-0.2, -0.15) is 0 Å². The number of aryl methyl sites for hydroxylation is 1. The van der Waals surface area contributed by atoms with E-state index in [0.717, 1.165) is 13.0 Å². The molecule has 2 aliphatic rings. The van der Waals surface area contributed by atoms with E-state index in [-0.39, 0.29) is 23.9 Å². The molecule has 1 fully saturated rings. The molecule has 2 atom stereocenters. The first-order valence-corrected chi connectivity index (χ1v) is 13.9. The van der Waals surface area contributed by atoms with Gasteiger partial charge in [-0.3, -0.25) is 14.5 Å². The van der Waals surface area contributed by atoms with E-state index >= 15 is 0 Å². The Morgan fingerprint density at radius 2 is 1.71 bits per heavy atom. The molecule has 0 saturated carbocycles. The van der Waals surface area contributed by atoms with Crippen LogP contribution in [0.25, 0.3) is 0 Å². The van der Waals surface area contributed by atoms with Crippen LogP contribution in [0, 0.1) is 6.92 Å². The summed E-state index contributed by atoms with van der Waals surface area (Å²) in [6, 6.07) is 15.9. The van der Waals surface area contributed by atoms with Gasteiger partial charge in [-0.1, -0.05) is 24.3 Å². The maximum atomic E-state index is 13.6. The molecule has 1 aromatic heterocycles. The summed E-state index contributed by atoms with van der Waals surface area (Å²) in [6.45, 7) is 6.88. The number of methoxy groups -OCH3 is 2. The Labute approximate surface area is 228 Å². The third-order valence-electron chi connectivity index (χ3n) is 7.73. The van der Waals surface area contributed by atoms with Gasteiger partial charge < -0.3 is 19.3 Å². The van der Waals surface area contributed by atoms with Crippen LogP contribution in [-0.2, 0) is 11.2 Å². The van der Waals surface area contributed by atoms with Gasteiger partial charge in [-0.15, -0.1) is 11.3 Å². The number of benzene rings is 2. The molecule has 7 nitrogen and oxygen atoms in total. The molecule has 0 N–H and O–H groups in total. The molecule has 5 rings (SSSR count). The number of hydrogen-bond acceptors (Lipinski definition) is 6. The van der Waals surface area contributed by atoms with Gasteiger partial charge >= 0.3 is 0 Å². The summed E-state index contributed by atoms with van der Waals surface area (Å²) in [7, 11) is 3.14. The predicted molar refractivity (Wildman–Crippen MR) is 149 cm³/mol. The Morgan fingerprint density at radius 3 is 2.39 bits per heavy atom. The molecule has 3 aromatic rings. The second-order valence-electron chi connectivity index (χ2n) is 10.1. The number of thiophene rings is 1. The molecule has 0 unspecified atom stereocenters. The van der Waals surface area contributed by atoms with E-state index in [9.17, 15) is 9.59 Å². The van der Waals surface area contributed by atoms with Gasteiger partial charge in [-0.25, -0.2) is 0 Å². The summed E-state index contributed by atoms with van der Waals surface area (Å²) >= 11 is 1.81. The first kappa shape index (κ1) is 26.3.